The van der Waals surface area contributed by atoms with E-state index in [1.165, 1.54) is 0 Å². The average molecular weight is 213 g/mol. The van der Waals surface area contributed by atoms with E-state index in [1.807, 2.05) is 18.3 Å². The maximum absolute atomic E-state index is 9.72. The van der Waals surface area contributed by atoms with E-state index >= 15 is 0 Å². The molecule has 2 N–H and O–H groups in total. The van der Waals surface area contributed by atoms with Gasteiger partial charge in [0.25, 0.3) is 0 Å². The zero-order valence-electron chi connectivity index (χ0n) is 8.64. The van der Waals surface area contributed by atoms with Gasteiger partial charge in [0.2, 0.25) is 0 Å². The first-order chi connectivity index (χ1) is 7.84. The minimum atomic E-state index is 0.216. The number of fused-ring (bicyclic) bond motifs is 1. The van der Waals surface area contributed by atoms with E-state index in [4.69, 9.17) is 0 Å². The third-order valence-corrected chi connectivity index (χ3v) is 2.71. The zero-order chi connectivity index (χ0) is 11.0. The molecule has 4 heteroatoms. The smallest absolute Gasteiger partial charge is 0.163 e. The van der Waals surface area contributed by atoms with E-state index in [0.29, 0.717) is 11.4 Å². The van der Waals surface area contributed by atoms with Crippen molar-refractivity contribution in [3.8, 4) is 17.1 Å². The van der Waals surface area contributed by atoms with E-state index in [-0.39, 0.29) is 5.75 Å². The molecule has 1 aromatic carbocycles. The number of nitrogens with zero attached hydrogens (tertiary/aromatic N) is 2. The van der Waals surface area contributed by atoms with E-state index in [1.54, 1.807) is 12.1 Å². The number of aromatic hydroxyl groups is 1. The van der Waals surface area contributed by atoms with Crippen LogP contribution in [0.5, 0.6) is 5.75 Å². The lowest BCUT2D eigenvalue weighted by molar-refractivity contribution is 0.477. The SMILES string of the molecule is Oc1ccccc1-c1ncc2c(n1)CNC2. The van der Waals surface area contributed by atoms with Crippen molar-refractivity contribution in [2.24, 2.45) is 0 Å². The summed E-state index contributed by atoms with van der Waals surface area (Å²) in [5.41, 5.74) is 2.84. The molecule has 1 aromatic heterocycles. The van der Waals surface area contributed by atoms with Crippen molar-refractivity contribution in [2.45, 2.75) is 13.1 Å². The van der Waals surface area contributed by atoms with Gasteiger partial charge in [0.1, 0.15) is 5.75 Å². The first kappa shape index (κ1) is 9.30. The number of rotatable bonds is 1. The Bertz CT molecular complexity index is 540. The summed E-state index contributed by atoms with van der Waals surface area (Å²) in [6, 6.07) is 7.11. The molecule has 16 heavy (non-hydrogen) atoms. The molecule has 3 rings (SSSR count). The molecule has 0 saturated heterocycles. The van der Waals surface area contributed by atoms with E-state index in [9.17, 15) is 5.11 Å². The molecule has 0 fully saturated rings. The Hall–Kier alpha value is -1.94. The molecule has 0 spiro atoms. The second-order valence-corrected chi connectivity index (χ2v) is 3.79. The second kappa shape index (κ2) is 3.57. The van der Waals surface area contributed by atoms with Crippen LogP contribution in [0.25, 0.3) is 11.4 Å². The van der Waals surface area contributed by atoms with Crippen molar-refractivity contribution in [1.29, 1.82) is 0 Å². The van der Waals surface area contributed by atoms with Crippen molar-refractivity contribution >= 4 is 0 Å². The minimum Gasteiger partial charge on any atom is -0.507 e. The van der Waals surface area contributed by atoms with Gasteiger partial charge in [0.15, 0.2) is 5.82 Å². The fourth-order valence-corrected chi connectivity index (χ4v) is 1.85. The molecule has 0 atom stereocenters. The standard InChI is InChI=1S/C12H11N3O/c16-11-4-2-1-3-9(11)12-14-6-8-5-13-7-10(8)15-12/h1-4,6,13,16H,5,7H2. The van der Waals surface area contributed by atoms with Crippen LogP contribution in [-0.4, -0.2) is 15.1 Å². The number of phenols is 1. The molecular weight excluding hydrogens is 202 g/mol. The number of hydrogen-bond acceptors (Lipinski definition) is 4. The van der Waals surface area contributed by atoms with E-state index in [2.05, 4.69) is 15.3 Å². The van der Waals surface area contributed by atoms with Gasteiger partial charge in [0.05, 0.1) is 11.3 Å². The first-order valence-electron chi connectivity index (χ1n) is 5.18. The van der Waals surface area contributed by atoms with Crippen LogP contribution in [0.2, 0.25) is 0 Å². The maximum Gasteiger partial charge on any atom is 0.163 e. The van der Waals surface area contributed by atoms with E-state index < -0.39 is 0 Å². The summed E-state index contributed by atoms with van der Waals surface area (Å²) in [5, 5.41) is 12.9. The Labute approximate surface area is 93.0 Å². The molecule has 2 aromatic rings. The summed E-state index contributed by atoms with van der Waals surface area (Å²) in [4.78, 5) is 8.72. The highest BCUT2D eigenvalue weighted by atomic mass is 16.3. The van der Waals surface area contributed by atoms with Gasteiger partial charge in [-0.15, -0.1) is 0 Å². The summed E-state index contributed by atoms with van der Waals surface area (Å²) < 4.78 is 0. The number of hydrogen-bond donors (Lipinski definition) is 2. The molecule has 1 aliphatic heterocycles. The Kier molecular flexibility index (Phi) is 2.08. The lowest BCUT2D eigenvalue weighted by atomic mass is 10.2. The number of nitrogens with one attached hydrogen (secondary N) is 1. The summed E-state index contributed by atoms with van der Waals surface area (Å²) in [7, 11) is 0. The van der Waals surface area contributed by atoms with Gasteiger partial charge in [-0.3, -0.25) is 0 Å². The van der Waals surface area contributed by atoms with Gasteiger partial charge in [0, 0.05) is 24.8 Å². The van der Waals surface area contributed by atoms with Crippen LogP contribution in [-0.2, 0) is 13.1 Å². The highest BCUT2D eigenvalue weighted by Gasteiger charge is 2.14. The molecule has 0 radical (unpaired) electrons. The lowest BCUT2D eigenvalue weighted by Crippen LogP contribution is -2.00. The first-order valence-corrected chi connectivity index (χ1v) is 5.18. The molecule has 0 amide bonds. The molecule has 80 valence electrons. The summed E-state index contributed by atoms with van der Waals surface area (Å²) in [6.45, 7) is 1.61. The van der Waals surface area contributed by atoms with Crippen molar-refractivity contribution in [2.75, 3.05) is 0 Å². The molecule has 1 aliphatic rings. The van der Waals surface area contributed by atoms with Crippen LogP contribution in [0.3, 0.4) is 0 Å². The summed E-state index contributed by atoms with van der Waals surface area (Å²) in [5.74, 6) is 0.800. The summed E-state index contributed by atoms with van der Waals surface area (Å²) in [6.07, 6.45) is 1.82. The van der Waals surface area contributed by atoms with Crippen molar-refractivity contribution in [3.63, 3.8) is 0 Å². The largest absolute Gasteiger partial charge is 0.507 e. The van der Waals surface area contributed by atoms with Gasteiger partial charge in [-0.2, -0.15) is 0 Å². The van der Waals surface area contributed by atoms with Gasteiger partial charge >= 0.3 is 0 Å². The Balaban J connectivity index is 2.11. The second-order valence-electron chi connectivity index (χ2n) is 3.79. The quantitative estimate of drug-likeness (QED) is 0.752. The number of phenolic OH excluding ortho intramolecular Hbond substituents is 1. The van der Waals surface area contributed by atoms with Gasteiger partial charge < -0.3 is 10.4 Å². The topological polar surface area (TPSA) is 58.0 Å². The minimum absolute atomic E-state index is 0.216. The number of benzene rings is 1. The van der Waals surface area contributed by atoms with Crippen LogP contribution in [0, 0.1) is 0 Å². The fourth-order valence-electron chi connectivity index (χ4n) is 1.85. The lowest BCUT2D eigenvalue weighted by Gasteiger charge is -2.04. The van der Waals surface area contributed by atoms with Crippen molar-refractivity contribution in [3.05, 3.63) is 41.7 Å². The van der Waals surface area contributed by atoms with Crippen LogP contribution in [0.15, 0.2) is 30.5 Å². The highest BCUT2D eigenvalue weighted by Crippen LogP contribution is 2.26. The van der Waals surface area contributed by atoms with Crippen LogP contribution in [0.4, 0.5) is 0 Å². The third-order valence-electron chi connectivity index (χ3n) is 2.71. The molecule has 0 saturated carbocycles. The Morgan fingerprint density at radius 2 is 2.06 bits per heavy atom. The molecule has 0 aliphatic carbocycles. The molecule has 4 nitrogen and oxygen atoms in total. The molecular formula is C12H11N3O. The zero-order valence-corrected chi connectivity index (χ0v) is 8.64. The predicted octanol–water partition coefficient (Wildman–Crippen LogP) is 1.45. The van der Waals surface area contributed by atoms with Crippen LogP contribution < -0.4 is 5.32 Å². The fraction of sp³-hybridized carbons (Fsp3) is 0.167. The van der Waals surface area contributed by atoms with Crippen molar-refractivity contribution < 1.29 is 5.11 Å². The molecule has 2 heterocycles. The van der Waals surface area contributed by atoms with Gasteiger partial charge in [-0.05, 0) is 12.1 Å². The molecule has 0 unspecified atom stereocenters. The van der Waals surface area contributed by atoms with Crippen LogP contribution >= 0.6 is 0 Å². The van der Waals surface area contributed by atoms with Gasteiger partial charge in [-0.1, -0.05) is 12.1 Å². The Morgan fingerprint density at radius 3 is 2.94 bits per heavy atom. The van der Waals surface area contributed by atoms with E-state index in [0.717, 1.165) is 24.3 Å². The normalized spacial score (nSPS) is 13.8. The highest BCUT2D eigenvalue weighted by molar-refractivity contribution is 5.63. The molecule has 0 bridgehead atoms. The monoisotopic (exact) mass is 213 g/mol. The average Bonchev–Trinajstić information content (AvgIpc) is 2.76. The predicted molar refractivity (Wildman–Crippen MR) is 59.7 cm³/mol. The maximum atomic E-state index is 9.72. The van der Waals surface area contributed by atoms with Crippen molar-refractivity contribution in [1.82, 2.24) is 15.3 Å². The number of para-hydroxylation sites is 1. The Morgan fingerprint density at radius 1 is 1.19 bits per heavy atom. The third kappa shape index (κ3) is 1.44. The van der Waals surface area contributed by atoms with Gasteiger partial charge in [-0.25, -0.2) is 9.97 Å². The number of aromatic nitrogens is 2. The summed E-state index contributed by atoms with van der Waals surface area (Å²) >= 11 is 0. The van der Waals surface area contributed by atoms with Crippen LogP contribution in [0.1, 0.15) is 11.3 Å².